The molecule has 2 saturated heterocycles. The maximum absolute atomic E-state index is 3.52. The van der Waals surface area contributed by atoms with Gasteiger partial charge >= 0.3 is 0 Å². The Balaban J connectivity index is 2.08. The zero-order valence-electron chi connectivity index (χ0n) is 9.09. The number of fused-ring (bicyclic) bond motifs is 1. The van der Waals surface area contributed by atoms with Crippen molar-refractivity contribution >= 4 is 0 Å². The van der Waals surface area contributed by atoms with Gasteiger partial charge in [-0.15, -0.1) is 0 Å². The van der Waals surface area contributed by atoms with Crippen molar-refractivity contribution in [3.8, 4) is 0 Å². The third-order valence-electron chi connectivity index (χ3n) is 3.84. The van der Waals surface area contributed by atoms with Crippen LogP contribution in [0.3, 0.4) is 0 Å². The third kappa shape index (κ3) is 1.50. The van der Waals surface area contributed by atoms with Crippen LogP contribution in [0.25, 0.3) is 0 Å². The van der Waals surface area contributed by atoms with Gasteiger partial charge in [-0.05, 0) is 45.2 Å². The molecular formula is C11H22N2. The Hall–Kier alpha value is -0.0800. The molecule has 76 valence electrons. The SMILES string of the molecule is CCC1C2CNCC2CN1C(C)C. The van der Waals surface area contributed by atoms with E-state index < -0.39 is 0 Å². The van der Waals surface area contributed by atoms with E-state index in [1.165, 1.54) is 26.1 Å². The lowest BCUT2D eigenvalue weighted by Crippen LogP contribution is -2.39. The second kappa shape index (κ2) is 3.58. The van der Waals surface area contributed by atoms with E-state index in [2.05, 4.69) is 31.0 Å². The van der Waals surface area contributed by atoms with Crippen LogP contribution >= 0.6 is 0 Å². The third-order valence-corrected chi connectivity index (χ3v) is 3.84. The topological polar surface area (TPSA) is 15.3 Å². The van der Waals surface area contributed by atoms with E-state index >= 15 is 0 Å². The van der Waals surface area contributed by atoms with E-state index in [1.807, 2.05) is 0 Å². The summed E-state index contributed by atoms with van der Waals surface area (Å²) in [4.78, 5) is 2.70. The molecule has 3 atom stereocenters. The van der Waals surface area contributed by atoms with Crippen molar-refractivity contribution in [2.24, 2.45) is 11.8 Å². The molecule has 3 unspecified atom stereocenters. The Labute approximate surface area is 81.7 Å². The van der Waals surface area contributed by atoms with Crippen molar-refractivity contribution in [2.75, 3.05) is 19.6 Å². The Kier molecular flexibility index (Phi) is 2.61. The van der Waals surface area contributed by atoms with Gasteiger partial charge in [-0.25, -0.2) is 0 Å². The monoisotopic (exact) mass is 182 g/mol. The van der Waals surface area contributed by atoms with Crippen molar-refractivity contribution in [1.29, 1.82) is 0 Å². The highest BCUT2D eigenvalue weighted by atomic mass is 15.2. The molecule has 0 aromatic carbocycles. The van der Waals surface area contributed by atoms with Gasteiger partial charge < -0.3 is 5.32 Å². The highest BCUT2D eigenvalue weighted by Crippen LogP contribution is 2.35. The lowest BCUT2D eigenvalue weighted by molar-refractivity contribution is 0.175. The highest BCUT2D eigenvalue weighted by Gasteiger charge is 2.43. The fourth-order valence-electron chi connectivity index (χ4n) is 3.19. The molecule has 0 bridgehead atoms. The van der Waals surface area contributed by atoms with Gasteiger partial charge in [-0.3, -0.25) is 4.90 Å². The largest absolute Gasteiger partial charge is 0.316 e. The number of rotatable bonds is 2. The Morgan fingerprint density at radius 1 is 1.38 bits per heavy atom. The van der Waals surface area contributed by atoms with Gasteiger partial charge in [0.15, 0.2) is 0 Å². The van der Waals surface area contributed by atoms with E-state index in [-0.39, 0.29) is 0 Å². The summed E-state index contributed by atoms with van der Waals surface area (Å²) in [5.74, 6) is 1.87. The molecule has 1 N–H and O–H groups in total. The highest BCUT2D eigenvalue weighted by molar-refractivity contribution is 4.98. The van der Waals surface area contributed by atoms with Crippen molar-refractivity contribution in [3.63, 3.8) is 0 Å². The van der Waals surface area contributed by atoms with Crippen molar-refractivity contribution in [2.45, 2.75) is 39.3 Å². The minimum atomic E-state index is 0.732. The molecule has 0 saturated carbocycles. The van der Waals surface area contributed by atoms with E-state index in [0.717, 1.165) is 23.9 Å². The van der Waals surface area contributed by atoms with Crippen molar-refractivity contribution in [1.82, 2.24) is 10.2 Å². The maximum atomic E-state index is 3.52. The van der Waals surface area contributed by atoms with E-state index in [4.69, 9.17) is 0 Å². The summed E-state index contributed by atoms with van der Waals surface area (Å²) in [6.07, 6.45) is 1.32. The van der Waals surface area contributed by atoms with Crippen molar-refractivity contribution in [3.05, 3.63) is 0 Å². The summed E-state index contributed by atoms with van der Waals surface area (Å²) >= 11 is 0. The normalized spacial score (nSPS) is 40.2. The van der Waals surface area contributed by atoms with Gasteiger partial charge in [-0.2, -0.15) is 0 Å². The molecule has 0 spiro atoms. The van der Waals surface area contributed by atoms with Crippen LogP contribution < -0.4 is 5.32 Å². The summed E-state index contributed by atoms with van der Waals surface area (Å²) in [7, 11) is 0. The van der Waals surface area contributed by atoms with E-state index in [9.17, 15) is 0 Å². The molecule has 2 aliphatic heterocycles. The first-order valence-electron chi connectivity index (χ1n) is 5.70. The van der Waals surface area contributed by atoms with Gasteiger partial charge in [0.25, 0.3) is 0 Å². The lowest BCUT2D eigenvalue weighted by atomic mass is 9.93. The first kappa shape index (κ1) is 9.47. The molecule has 2 fully saturated rings. The number of hydrogen-bond acceptors (Lipinski definition) is 2. The molecule has 2 heterocycles. The minimum Gasteiger partial charge on any atom is -0.316 e. The molecule has 0 aromatic heterocycles. The molecule has 13 heavy (non-hydrogen) atoms. The number of hydrogen-bond donors (Lipinski definition) is 1. The van der Waals surface area contributed by atoms with Crippen LogP contribution in [0.4, 0.5) is 0 Å². The van der Waals surface area contributed by atoms with Crippen LogP contribution in [0.5, 0.6) is 0 Å². The number of likely N-dealkylation sites (tertiary alicyclic amines) is 1. The molecule has 0 amide bonds. The van der Waals surface area contributed by atoms with Gasteiger partial charge in [0.2, 0.25) is 0 Å². The zero-order valence-corrected chi connectivity index (χ0v) is 9.09. The molecular weight excluding hydrogens is 160 g/mol. The van der Waals surface area contributed by atoms with E-state index in [1.54, 1.807) is 0 Å². The lowest BCUT2D eigenvalue weighted by Gasteiger charge is -2.30. The molecule has 2 nitrogen and oxygen atoms in total. The second-order valence-electron chi connectivity index (χ2n) is 4.85. The van der Waals surface area contributed by atoms with Gasteiger partial charge in [0, 0.05) is 18.6 Å². The van der Waals surface area contributed by atoms with E-state index in [0.29, 0.717) is 0 Å². The van der Waals surface area contributed by atoms with Gasteiger partial charge in [0.05, 0.1) is 0 Å². The molecule has 0 aliphatic carbocycles. The number of nitrogens with zero attached hydrogens (tertiary/aromatic N) is 1. The average Bonchev–Trinajstić information content (AvgIpc) is 2.60. The Bertz CT molecular complexity index is 179. The quantitative estimate of drug-likeness (QED) is 0.693. The van der Waals surface area contributed by atoms with Crippen LogP contribution in [0.15, 0.2) is 0 Å². The molecule has 2 rings (SSSR count). The van der Waals surface area contributed by atoms with Crippen molar-refractivity contribution < 1.29 is 0 Å². The summed E-state index contributed by atoms with van der Waals surface area (Å²) in [5.41, 5.74) is 0. The summed E-state index contributed by atoms with van der Waals surface area (Å²) in [5, 5.41) is 3.52. The second-order valence-corrected chi connectivity index (χ2v) is 4.85. The van der Waals surface area contributed by atoms with Crippen LogP contribution in [-0.4, -0.2) is 36.6 Å². The van der Waals surface area contributed by atoms with Gasteiger partial charge in [0.1, 0.15) is 0 Å². The molecule has 0 radical (unpaired) electrons. The van der Waals surface area contributed by atoms with Crippen LogP contribution in [0.1, 0.15) is 27.2 Å². The predicted molar refractivity (Wildman–Crippen MR) is 55.8 cm³/mol. The van der Waals surface area contributed by atoms with Crippen LogP contribution in [-0.2, 0) is 0 Å². The Morgan fingerprint density at radius 2 is 2.15 bits per heavy atom. The average molecular weight is 182 g/mol. The summed E-state index contributed by atoms with van der Waals surface area (Å²) in [6, 6.07) is 1.58. The molecule has 0 aromatic rings. The summed E-state index contributed by atoms with van der Waals surface area (Å²) in [6.45, 7) is 10.8. The number of nitrogens with one attached hydrogen (secondary N) is 1. The van der Waals surface area contributed by atoms with Gasteiger partial charge in [-0.1, -0.05) is 6.92 Å². The summed E-state index contributed by atoms with van der Waals surface area (Å²) < 4.78 is 0. The molecule has 2 aliphatic rings. The Morgan fingerprint density at radius 3 is 2.77 bits per heavy atom. The molecule has 2 heteroatoms. The fourth-order valence-corrected chi connectivity index (χ4v) is 3.19. The first-order valence-corrected chi connectivity index (χ1v) is 5.70. The van der Waals surface area contributed by atoms with Crippen LogP contribution in [0, 0.1) is 11.8 Å². The van der Waals surface area contributed by atoms with Crippen LogP contribution in [0.2, 0.25) is 0 Å². The zero-order chi connectivity index (χ0) is 9.42. The fraction of sp³-hybridized carbons (Fsp3) is 1.00. The predicted octanol–water partition coefficient (Wildman–Crippen LogP) is 1.32. The maximum Gasteiger partial charge on any atom is 0.0139 e. The first-order chi connectivity index (χ1) is 6.24. The smallest absolute Gasteiger partial charge is 0.0139 e. The minimum absolute atomic E-state index is 0.732. The standard InChI is InChI=1S/C11H22N2/c1-4-11-10-6-12-5-9(10)7-13(11)8(2)3/h8-12H,4-7H2,1-3H3.